The van der Waals surface area contributed by atoms with Gasteiger partial charge in [0.2, 0.25) is 0 Å². The van der Waals surface area contributed by atoms with Gasteiger partial charge in [-0.3, -0.25) is 9.55 Å². The van der Waals surface area contributed by atoms with E-state index in [4.69, 9.17) is 0 Å². The number of imidazole rings is 1. The highest BCUT2D eigenvalue weighted by Gasteiger charge is 2.17. The molecule has 0 spiro atoms. The third-order valence-electron chi connectivity index (χ3n) is 4.76. The zero-order chi connectivity index (χ0) is 19.3. The van der Waals surface area contributed by atoms with Crippen LogP contribution in [0.15, 0.2) is 83.9 Å². The van der Waals surface area contributed by atoms with Crippen molar-refractivity contribution in [1.82, 2.24) is 14.5 Å². The minimum absolute atomic E-state index is 0.167. The van der Waals surface area contributed by atoms with Crippen molar-refractivity contribution in [2.45, 2.75) is 19.4 Å². The van der Waals surface area contributed by atoms with Crippen LogP contribution in [0.1, 0.15) is 12.0 Å². The number of benzene rings is 2. The van der Waals surface area contributed by atoms with Crippen molar-refractivity contribution in [2.75, 3.05) is 0 Å². The maximum atomic E-state index is 13.4. The Morgan fingerprint density at radius 2 is 1.61 bits per heavy atom. The lowest BCUT2D eigenvalue weighted by Crippen LogP contribution is -2.18. The summed E-state index contributed by atoms with van der Waals surface area (Å²) in [6.07, 6.45) is 5.08. The highest BCUT2D eigenvalue weighted by atomic mass is 19.1. The van der Waals surface area contributed by atoms with Crippen LogP contribution in [0, 0.1) is 5.82 Å². The molecule has 0 amide bonds. The molecule has 2 aromatic carbocycles. The van der Waals surface area contributed by atoms with Crippen LogP contribution in [0.3, 0.4) is 0 Å². The Kier molecular flexibility index (Phi) is 5.15. The fourth-order valence-electron chi connectivity index (χ4n) is 3.40. The molecule has 0 fully saturated rings. The van der Waals surface area contributed by atoms with Gasteiger partial charge >= 0.3 is 5.69 Å². The second-order valence-electron chi connectivity index (χ2n) is 6.64. The number of halogens is 1. The van der Waals surface area contributed by atoms with Crippen molar-refractivity contribution < 1.29 is 4.39 Å². The van der Waals surface area contributed by atoms with Crippen LogP contribution in [0.4, 0.5) is 4.39 Å². The molecule has 0 aliphatic carbocycles. The van der Waals surface area contributed by atoms with Crippen molar-refractivity contribution >= 4 is 0 Å². The SMILES string of the molecule is O=c1[nH]c(-c2ccncc2)c(-c2ccc(F)cc2)n1CCCc1ccccc1. The van der Waals surface area contributed by atoms with Gasteiger partial charge in [0, 0.05) is 30.1 Å². The first-order valence-corrected chi connectivity index (χ1v) is 9.25. The first-order chi connectivity index (χ1) is 13.7. The number of aryl methyl sites for hydroxylation is 1. The molecule has 5 heteroatoms. The normalized spacial score (nSPS) is 10.9. The average molecular weight is 373 g/mol. The quantitative estimate of drug-likeness (QED) is 0.534. The Morgan fingerprint density at radius 3 is 2.32 bits per heavy atom. The van der Waals surface area contributed by atoms with E-state index in [-0.39, 0.29) is 11.5 Å². The molecule has 140 valence electrons. The highest BCUT2D eigenvalue weighted by molar-refractivity contribution is 5.78. The predicted molar refractivity (Wildman–Crippen MR) is 108 cm³/mol. The molecule has 28 heavy (non-hydrogen) atoms. The Labute approximate surface area is 162 Å². The number of aromatic nitrogens is 3. The second-order valence-corrected chi connectivity index (χ2v) is 6.64. The molecule has 2 aromatic heterocycles. The van der Waals surface area contributed by atoms with Crippen molar-refractivity contribution in [3.63, 3.8) is 0 Å². The molecule has 0 bridgehead atoms. The number of nitrogens with one attached hydrogen (secondary N) is 1. The minimum atomic E-state index is -0.303. The number of hydrogen-bond donors (Lipinski definition) is 1. The smallest absolute Gasteiger partial charge is 0.305 e. The van der Waals surface area contributed by atoms with Gasteiger partial charge in [-0.05, 0) is 54.8 Å². The maximum Gasteiger partial charge on any atom is 0.326 e. The molecule has 4 aromatic rings. The van der Waals surface area contributed by atoms with Crippen molar-refractivity contribution in [3.8, 4) is 22.5 Å². The molecule has 0 unspecified atom stereocenters. The van der Waals surface area contributed by atoms with Crippen LogP contribution in [0.25, 0.3) is 22.5 Å². The van der Waals surface area contributed by atoms with E-state index in [1.807, 2.05) is 30.3 Å². The van der Waals surface area contributed by atoms with E-state index >= 15 is 0 Å². The van der Waals surface area contributed by atoms with Gasteiger partial charge in [0.15, 0.2) is 0 Å². The maximum absolute atomic E-state index is 13.4. The van der Waals surface area contributed by atoms with Crippen LogP contribution in [0.2, 0.25) is 0 Å². The van der Waals surface area contributed by atoms with E-state index in [0.29, 0.717) is 6.54 Å². The van der Waals surface area contributed by atoms with Gasteiger partial charge in [-0.1, -0.05) is 30.3 Å². The number of hydrogen-bond acceptors (Lipinski definition) is 2. The van der Waals surface area contributed by atoms with E-state index < -0.39 is 0 Å². The Morgan fingerprint density at radius 1 is 0.893 bits per heavy atom. The first-order valence-electron chi connectivity index (χ1n) is 9.25. The number of H-pyrrole nitrogens is 1. The van der Waals surface area contributed by atoms with Crippen LogP contribution in [0.5, 0.6) is 0 Å². The Bertz CT molecular complexity index is 1100. The largest absolute Gasteiger partial charge is 0.326 e. The van der Waals surface area contributed by atoms with E-state index in [1.54, 1.807) is 29.1 Å². The first kappa shape index (κ1) is 17.9. The van der Waals surface area contributed by atoms with Crippen molar-refractivity contribution in [3.05, 3.63) is 101 Å². The fraction of sp³-hybridized carbons (Fsp3) is 0.130. The van der Waals surface area contributed by atoms with E-state index in [0.717, 1.165) is 35.4 Å². The van der Waals surface area contributed by atoms with Gasteiger partial charge in [-0.15, -0.1) is 0 Å². The number of rotatable bonds is 6. The summed E-state index contributed by atoms with van der Waals surface area (Å²) >= 11 is 0. The molecule has 4 nitrogen and oxygen atoms in total. The molecule has 0 aliphatic heterocycles. The number of pyridine rings is 1. The van der Waals surface area contributed by atoms with Gasteiger partial charge < -0.3 is 4.98 Å². The van der Waals surface area contributed by atoms with E-state index in [1.165, 1.54) is 17.7 Å². The molecule has 2 heterocycles. The Balaban J connectivity index is 1.71. The summed E-state index contributed by atoms with van der Waals surface area (Å²) < 4.78 is 15.2. The minimum Gasteiger partial charge on any atom is -0.305 e. The zero-order valence-electron chi connectivity index (χ0n) is 15.3. The van der Waals surface area contributed by atoms with E-state index in [9.17, 15) is 9.18 Å². The molecule has 0 atom stereocenters. The lowest BCUT2D eigenvalue weighted by Gasteiger charge is -2.10. The molecular formula is C23H20FN3O. The topological polar surface area (TPSA) is 50.7 Å². The molecule has 4 rings (SSSR count). The molecule has 1 N–H and O–H groups in total. The molecule has 0 aliphatic rings. The van der Waals surface area contributed by atoms with Crippen LogP contribution in [-0.4, -0.2) is 14.5 Å². The second kappa shape index (κ2) is 8.05. The Hall–Kier alpha value is -3.47. The summed E-state index contributed by atoms with van der Waals surface area (Å²) in [5.41, 5.74) is 4.23. The van der Waals surface area contributed by atoms with Crippen LogP contribution < -0.4 is 5.69 Å². The standard InChI is InChI=1S/C23H20FN3O/c24-20-10-8-19(9-11-20)22-21(18-12-14-25-15-13-18)26-23(28)27(22)16-4-7-17-5-2-1-3-6-17/h1-3,5-6,8-15H,4,7,16H2,(H,26,28). The summed E-state index contributed by atoms with van der Waals surface area (Å²) in [4.78, 5) is 19.8. The van der Waals surface area contributed by atoms with Gasteiger partial charge in [0.05, 0.1) is 11.4 Å². The average Bonchev–Trinajstić information content (AvgIpc) is 3.06. The molecule has 0 radical (unpaired) electrons. The van der Waals surface area contributed by atoms with Gasteiger partial charge in [0.25, 0.3) is 0 Å². The summed E-state index contributed by atoms with van der Waals surface area (Å²) in [5.74, 6) is -0.303. The van der Waals surface area contributed by atoms with E-state index in [2.05, 4.69) is 22.1 Å². The summed E-state index contributed by atoms with van der Waals surface area (Å²) in [6.45, 7) is 0.571. The zero-order valence-corrected chi connectivity index (χ0v) is 15.3. The van der Waals surface area contributed by atoms with Crippen LogP contribution in [-0.2, 0) is 13.0 Å². The van der Waals surface area contributed by atoms with Gasteiger partial charge in [-0.25, -0.2) is 9.18 Å². The highest BCUT2D eigenvalue weighted by Crippen LogP contribution is 2.30. The molecule has 0 saturated carbocycles. The predicted octanol–water partition coefficient (Wildman–Crippen LogP) is 4.68. The fourth-order valence-corrected chi connectivity index (χ4v) is 3.40. The van der Waals surface area contributed by atoms with Crippen molar-refractivity contribution in [1.29, 1.82) is 0 Å². The summed E-state index contributed by atoms with van der Waals surface area (Å²) in [6, 6.07) is 20.1. The number of nitrogens with zero attached hydrogens (tertiary/aromatic N) is 2. The monoisotopic (exact) mass is 373 g/mol. The third-order valence-corrected chi connectivity index (χ3v) is 4.76. The molecular weight excluding hydrogens is 353 g/mol. The van der Waals surface area contributed by atoms with Gasteiger partial charge in [-0.2, -0.15) is 0 Å². The van der Waals surface area contributed by atoms with Crippen molar-refractivity contribution in [2.24, 2.45) is 0 Å². The molecule has 0 saturated heterocycles. The summed E-state index contributed by atoms with van der Waals surface area (Å²) in [5, 5.41) is 0. The van der Waals surface area contributed by atoms with Gasteiger partial charge in [0.1, 0.15) is 5.82 Å². The third kappa shape index (κ3) is 3.78. The summed E-state index contributed by atoms with van der Waals surface area (Å²) in [7, 11) is 0. The van der Waals surface area contributed by atoms with Crippen LogP contribution >= 0.6 is 0 Å². The number of aromatic amines is 1. The lowest BCUT2D eigenvalue weighted by atomic mass is 10.1. The lowest BCUT2D eigenvalue weighted by molar-refractivity contribution is 0.625.